The molecule has 1 aliphatic rings. The number of carbonyl (C=O) groups excluding carboxylic acids is 2. The van der Waals surface area contributed by atoms with Gasteiger partial charge in [0.25, 0.3) is 5.91 Å². The van der Waals surface area contributed by atoms with E-state index in [-0.39, 0.29) is 11.7 Å². The predicted molar refractivity (Wildman–Crippen MR) is 86.6 cm³/mol. The number of Topliss-reactive ketones (excluding diaryl/α,β-unsaturated/α-hetero) is 1. The van der Waals surface area contributed by atoms with Crippen molar-refractivity contribution in [1.29, 1.82) is 0 Å². The van der Waals surface area contributed by atoms with Gasteiger partial charge in [-0.1, -0.05) is 12.1 Å². The van der Waals surface area contributed by atoms with Crippen molar-refractivity contribution in [1.82, 2.24) is 0 Å². The van der Waals surface area contributed by atoms with Gasteiger partial charge in [0.05, 0.1) is 19.9 Å². The van der Waals surface area contributed by atoms with Gasteiger partial charge in [-0.2, -0.15) is 0 Å². The van der Waals surface area contributed by atoms with E-state index in [1.165, 1.54) is 7.11 Å². The molecule has 1 aliphatic heterocycles. The van der Waals surface area contributed by atoms with E-state index in [2.05, 4.69) is 0 Å². The number of hydrogen-bond donors (Lipinski definition) is 0. The molecule has 0 N–H and O–H groups in total. The molecule has 23 heavy (non-hydrogen) atoms. The summed E-state index contributed by atoms with van der Waals surface area (Å²) < 4.78 is 10.4. The molecule has 3 rings (SSSR count). The Kier molecular flexibility index (Phi) is 4.02. The van der Waals surface area contributed by atoms with E-state index in [0.717, 1.165) is 0 Å². The van der Waals surface area contributed by atoms with Crippen LogP contribution in [-0.4, -0.2) is 32.5 Å². The Morgan fingerprint density at radius 3 is 2.52 bits per heavy atom. The minimum absolute atomic E-state index is 0.0666. The first kappa shape index (κ1) is 15.1. The number of ketones is 1. The number of anilines is 1. The van der Waals surface area contributed by atoms with E-state index >= 15 is 0 Å². The molecule has 0 bridgehead atoms. The highest BCUT2D eigenvalue weighted by Crippen LogP contribution is 2.31. The maximum Gasteiger partial charge on any atom is 0.258 e. The van der Waals surface area contributed by atoms with E-state index in [1.807, 2.05) is 6.07 Å². The molecule has 1 amide bonds. The van der Waals surface area contributed by atoms with Crippen LogP contribution in [0.2, 0.25) is 0 Å². The topological polar surface area (TPSA) is 55.8 Å². The Labute approximate surface area is 134 Å². The van der Waals surface area contributed by atoms with Gasteiger partial charge in [-0.15, -0.1) is 0 Å². The summed E-state index contributed by atoms with van der Waals surface area (Å²) >= 11 is 0. The predicted octanol–water partition coefficient (Wildman–Crippen LogP) is 2.94. The zero-order valence-electron chi connectivity index (χ0n) is 13.0. The van der Waals surface area contributed by atoms with Crippen molar-refractivity contribution in [2.45, 2.75) is 6.42 Å². The lowest BCUT2D eigenvalue weighted by Gasteiger charge is -2.28. The van der Waals surface area contributed by atoms with E-state index in [9.17, 15) is 9.59 Å². The number of hydrogen-bond acceptors (Lipinski definition) is 4. The van der Waals surface area contributed by atoms with Gasteiger partial charge < -0.3 is 14.4 Å². The Morgan fingerprint density at radius 2 is 1.78 bits per heavy atom. The lowest BCUT2D eigenvalue weighted by atomic mass is 9.99. The molecule has 2 aromatic carbocycles. The van der Waals surface area contributed by atoms with Gasteiger partial charge in [-0.3, -0.25) is 9.59 Å². The number of benzene rings is 2. The third-order valence-electron chi connectivity index (χ3n) is 3.93. The normalized spacial score (nSPS) is 13.5. The van der Waals surface area contributed by atoms with Gasteiger partial charge in [-0.25, -0.2) is 0 Å². The van der Waals surface area contributed by atoms with Crippen LogP contribution in [0, 0.1) is 0 Å². The summed E-state index contributed by atoms with van der Waals surface area (Å²) in [6.45, 7) is 0.378. The third-order valence-corrected chi connectivity index (χ3v) is 3.93. The SMILES string of the molecule is COc1ccc(C(=O)N2CCC(=O)c3ccccc32)cc1OC. The smallest absolute Gasteiger partial charge is 0.258 e. The number of methoxy groups -OCH3 is 2. The van der Waals surface area contributed by atoms with Gasteiger partial charge in [0, 0.05) is 24.1 Å². The Hall–Kier alpha value is -2.82. The molecule has 0 fully saturated rings. The average molecular weight is 311 g/mol. The first-order valence-electron chi connectivity index (χ1n) is 7.32. The number of carbonyl (C=O) groups is 2. The highest BCUT2D eigenvalue weighted by atomic mass is 16.5. The van der Waals surface area contributed by atoms with E-state index in [0.29, 0.717) is 41.3 Å². The first-order valence-corrected chi connectivity index (χ1v) is 7.32. The fourth-order valence-electron chi connectivity index (χ4n) is 2.75. The first-order chi connectivity index (χ1) is 11.2. The highest BCUT2D eigenvalue weighted by Gasteiger charge is 2.28. The standard InChI is InChI=1S/C18H17NO4/c1-22-16-8-7-12(11-17(16)23-2)18(21)19-10-9-15(20)13-5-3-4-6-14(13)19/h3-8,11H,9-10H2,1-2H3. The molecule has 118 valence electrons. The number of rotatable bonds is 3. The Balaban J connectivity index is 1.98. The van der Waals surface area contributed by atoms with Crippen LogP contribution >= 0.6 is 0 Å². The minimum Gasteiger partial charge on any atom is -0.493 e. The molecule has 5 nitrogen and oxygen atoms in total. The number of amides is 1. The van der Waals surface area contributed by atoms with Crippen LogP contribution in [0.15, 0.2) is 42.5 Å². The lowest BCUT2D eigenvalue weighted by molar-refractivity contribution is 0.0955. The number of para-hydroxylation sites is 1. The molecule has 0 radical (unpaired) electrons. The van der Waals surface area contributed by atoms with Crippen LogP contribution in [0.1, 0.15) is 27.1 Å². The Morgan fingerprint density at radius 1 is 1.04 bits per heavy atom. The van der Waals surface area contributed by atoms with E-state index in [4.69, 9.17) is 9.47 Å². The van der Waals surface area contributed by atoms with Crippen LogP contribution < -0.4 is 14.4 Å². The zero-order valence-corrected chi connectivity index (χ0v) is 13.0. The lowest BCUT2D eigenvalue weighted by Crippen LogP contribution is -2.37. The van der Waals surface area contributed by atoms with Gasteiger partial charge in [-0.05, 0) is 30.3 Å². The second kappa shape index (κ2) is 6.12. The fraction of sp³-hybridized carbons (Fsp3) is 0.222. The summed E-state index contributed by atoms with van der Waals surface area (Å²) in [5.74, 6) is 0.973. The van der Waals surface area contributed by atoms with Crippen LogP contribution in [0.25, 0.3) is 0 Å². The van der Waals surface area contributed by atoms with Crippen LogP contribution in [0.4, 0.5) is 5.69 Å². The Bertz CT molecular complexity index is 769. The summed E-state index contributed by atoms with van der Waals surface area (Å²) in [6.07, 6.45) is 0.329. The molecule has 0 spiro atoms. The molecule has 0 aromatic heterocycles. The quantitative estimate of drug-likeness (QED) is 0.874. The summed E-state index contributed by atoms with van der Waals surface area (Å²) in [5.41, 5.74) is 1.74. The molecule has 2 aromatic rings. The molecule has 0 unspecified atom stereocenters. The van der Waals surface area contributed by atoms with Crippen molar-refractivity contribution >= 4 is 17.4 Å². The van der Waals surface area contributed by atoms with Gasteiger partial charge in [0.2, 0.25) is 0 Å². The molecule has 0 aliphatic carbocycles. The maximum absolute atomic E-state index is 12.9. The molecular weight excluding hydrogens is 294 g/mol. The second-order valence-corrected chi connectivity index (χ2v) is 5.22. The highest BCUT2D eigenvalue weighted by molar-refractivity contribution is 6.13. The van der Waals surface area contributed by atoms with Gasteiger partial charge in [0.15, 0.2) is 17.3 Å². The molecule has 0 atom stereocenters. The van der Waals surface area contributed by atoms with E-state index in [1.54, 1.807) is 48.4 Å². The minimum atomic E-state index is -0.161. The number of fused-ring (bicyclic) bond motifs is 1. The van der Waals surface area contributed by atoms with Crippen LogP contribution in [0.3, 0.4) is 0 Å². The summed E-state index contributed by atoms with van der Waals surface area (Å²) in [5, 5.41) is 0. The molecule has 0 saturated carbocycles. The second-order valence-electron chi connectivity index (χ2n) is 5.22. The van der Waals surface area contributed by atoms with Crippen molar-refractivity contribution in [3.8, 4) is 11.5 Å². The monoisotopic (exact) mass is 311 g/mol. The van der Waals surface area contributed by atoms with Crippen LogP contribution in [0.5, 0.6) is 11.5 Å². The number of nitrogens with zero attached hydrogens (tertiary/aromatic N) is 1. The zero-order chi connectivity index (χ0) is 16.4. The summed E-state index contributed by atoms with van der Waals surface area (Å²) in [7, 11) is 3.08. The molecular formula is C18H17NO4. The molecule has 5 heteroatoms. The molecule has 0 saturated heterocycles. The molecule has 1 heterocycles. The van der Waals surface area contributed by atoms with Crippen molar-refractivity contribution in [3.63, 3.8) is 0 Å². The van der Waals surface area contributed by atoms with Crippen molar-refractivity contribution in [2.75, 3.05) is 25.7 Å². The van der Waals surface area contributed by atoms with Gasteiger partial charge >= 0.3 is 0 Å². The van der Waals surface area contributed by atoms with Crippen LogP contribution in [-0.2, 0) is 0 Å². The van der Waals surface area contributed by atoms with Crippen molar-refractivity contribution in [2.24, 2.45) is 0 Å². The number of ether oxygens (including phenoxy) is 2. The summed E-state index contributed by atoms with van der Waals surface area (Å²) in [6, 6.07) is 12.2. The van der Waals surface area contributed by atoms with E-state index < -0.39 is 0 Å². The average Bonchev–Trinajstić information content (AvgIpc) is 2.61. The van der Waals surface area contributed by atoms with Crippen molar-refractivity contribution < 1.29 is 19.1 Å². The fourth-order valence-corrected chi connectivity index (χ4v) is 2.75. The largest absolute Gasteiger partial charge is 0.493 e. The third kappa shape index (κ3) is 2.65. The maximum atomic E-state index is 12.9. The van der Waals surface area contributed by atoms with Crippen molar-refractivity contribution in [3.05, 3.63) is 53.6 Å². The van der Waals surface area contributed by atoms with Gasteiger partial charge in [0.1, 0.15) is 0 Å². The summed E-state index contributed by atoms with van der Waals surface area (Å²) in [4.78, 5) is 26.5.